The van der Waals surface area contributed by atoms with Crippen molar-refractivity contribution in [1.82, 2.24) is 0 Å². The van der Waals surface area contributed by atoms with E-state index in [1.54, 1.807) is 6.92 Å². The molecular formula is C14H12Cl4O4. The van der Waals surface area contributed by atoms with Crippen molar-refractivity contribution < 1.29 is 19.1 Å². The molecule has 0 aromatic rings. The Kier molecular flexibility index (Phi) is 2.10. The Hall–Kier alpha value is 0.420. The van der Waals surface area contributed by atoms with E-state index in [4.69, 9.17) is 55.9 Å². The summed E-state index contributed by atoms with van der Waals surface area (Å²) >= 11 is 27.8. The minimum atomic E-state index is -1.60. The zero-order valence-corrected chi connectivity index (χ0v) is 14.9. The van der Waals surface area contributed by atoms with Crippen LogP contribution in [0.15, 0.2) is 0 Å². The fourth-order valence-corrected chi connectivity index (χ4v) is 10.3. The predicted octanol–water partition coefficient (Wildman–Crippen LogP) is 1.95. The van der Waals surface area contributed by atoms with E-state index in [2.05, 4.69) is 0 Å². The van der Waals surface area contributed by atoms with Crippen LogP contribution in [-0.2, 0) is 19.1 Å². The summed E-state index contributed by atoms with van der Waals surface area (Å²) in [7, 11) is 2.78. The number of hydrogen-bond acceptors (Lipinski definition) is 4. The molecule has 5 rings (SSSR count). The smallest absolute Gasteiger partial charge is 0.211 e. The van der Waals surface area contributed by atoms with E-state index in [0.29, 0.717) is 0 Å². The highest BCUT2D eigenvalue weighted by atomic mass is 35.5. The summed E-state index contributed by atoms with van der Waals surface area (Å²) in [4.78, 5) is 20.3. The SMILES string of the molecule is COC1(OC)[C@@]2(Cl)[C@@H]3C(=O)[C@H]4[C@]2(Cl)[C@]2(Cl)[C@@]4(C)C(=O)[C@@H]3[C@]12Cl. The Balaban J connectivity index is 2.01. The molecule has 5 saturated carbocycles. The molecule has 0 aromatic heterocycles. The van der Waals surface area contributed by atoms with Crippen LogP contribution < -0.4 is 0 Å². The average molecular weight is 386 g/mol. The van der Waals surface area contributed by atoms with Crippen molar-refractivity contribution >= 4 is 58.0 Å². The van der Waals surface area contributed by atoms with Gasteiger partial charge in [-0.1, -0.05) is 6.92 Å². The highest BCUT2D eigenvalue weighted by Gasteiger charge is 3.15. The molecule has 0 unspecified atom stereocenters. The first-order chi connectivity index (χ1) is 10.1. The normalized spacial score (nSPS) is 68.2. The van der Waals surface area contributed by atoms with Crippen LogP contribution >= 0.6 is 46.4 Å². The lowest BCUT2D eigenvalue weighted by Gasteiger charge is -2.63. The van der Waals surface area contributed by atoms with E-state index in [1.807, 2.05) is 0 Å². The van der Waals surface area contributed by atoms with Crippen molar-refractivity contribution in [2.45, 2.75) is 32.2 Å². The third-order valence-corrected chi connectivity index (χ3v) is 11.0. The number of carbonyl (C=O) groups excluding carboxylic acids is 2. The molecule has 4 nitrogen and oxygen atoms in total. The molecule has 120 valence electrons. The molecule has 2 bridgehead atoms. The van der Waals surface area contributed by atoms with Crippen LogP contribution in [0.4, 0.5) is 0 Å². The zero-order valence-electron chi connectivity index (χ0n) is 11.9. The molecule has 5 aliphatic carbocycles. The number of methoxy groups -OCH3 is 2. The second-order valence-corrected chi connectivity index (χ2v) is 9.53. The number of alkyl halides is 4. The molecule has 0 amide bonds. The van der Waals surface area contributed by atoms with Gasteiger partial charge in [-0.3, -0.25) is 9.59 Å². The Bertz CT molecular complexity index is 709. The molecule has 0 aromatic carbocycles. The first-order valence-corrected chi connectivity index (χ1v) is 8.50. The van der Waals surface area contributed by atoms with Gasteiger partial charge in [0.15, 0.2) is 0 Å². The van der Waals surface area contributed by atoms with Crippen LogP contribution in [-0.4, -0.2) is 51.1 Å². The summed E-state index contributed by atoms with van der Waals surface area (Å²) < 4.78 is 11.3. The molecule has 5 aliphatic rings. The maximum Gasteiger partial charge on any atom is 0.211 e. The van der Waals surface area contributed by atoms with Gasteiger partial charge >= 0.3 is 0 Å². The lowest BCUT2D eigenvalue weighted by atomic mass is 9.48. The number of ether oxygens (including phenoxy) is 2. The fraction of sp³-hybridized carbons (Fsp3) is 0.857. The minimum absolute atomic E-state index is 0.146. The first kappa shape index (κ1) is 14.7. The van der Waals surface area contributed by atoms with Gasteiger partial charge in [0, 0.05) is 14.2 Å². The topological polar surface area (TPSA) is 52.6 Å². The number of halogens is 4. The van der Waals surface area contributed by atoms with E-state index < -0.39 is 48.5 Å². The summed E-state index contributed by atoms with van der Waals surface area (Å²) in [6.07, 6.45) is 0. The summed E-state index contributed by atoms with van der Waals surface area (Å²) in [5, 5.41) is 0. The van der Waals surface area contributed by atoms with E-state index in [1.165, 1.54) is 14.2 Å². The minimum Gasteiger partial charge on any atom is -0.350 e. The maximum atomic E-state index is 13.0. The molecule has 0 saturated heterocycles. The summed E-state index contributed by atoms with van der Waals surface area (Å²) in [5.41, 5.74) is -1.13. The van der Waals surface area contributed by atoms with Gasteiger partial charge in [0.1, 0.15) is 31.1 Å². The van der Waals surface area contributed by atoms with Gasteiger partial charge in [0.2, 0.25) is 5.79 Å². The third-order valence-electron chi connectivity index (χ3n) is 7.33. The summed E-state index contributed by atoms with van der Waals surface area (Å²) in [6.45, 7) is 1.67. The number of Topliss-reactive ketones (excluding diaryl/α,β-unsaturated/α-hetero) is 2. The fourth-order valence-electron chi connectivity index (χ4n) is 6.90. The van der Waals surface area contributed by atoms with Gasteiger partial charge in [0.25, 0.3) is 0 Å². The number of ketones is 2. The standard InChI is InChI=1S/C14H12Cl4O4/c1-9-7-6(19)4-5(8(9)20)11(16)13(9,18)12(7,17)10(4,15)14(11,21-2)22-3/h4-5,7H,1-3H3/t4-,5+,7+,9+,10+,11+,12+,13-/m0/s1. The van der Waals surface area contributed by atoms with E-state index in [-0.39, 0.29) is 11.6 Å². The quantitative estimate of drug-likeness (QED) is 0.538. The second kappa shape index (κ2) is 3.13. The van der Waals surface area contributed by atoms with E-state index in [0.717, 1.165) is 0 Å². The van der Waals surface area contributed by atoms with Crippen molar-refractivity contribution in [1.29, 1.82) is 0 Å². The zero-order chi connectivity index (χ0) is 16.3. The van der Waals surface area contributed by atoms with Crippen LogP contribution in [0, 0.1) is 23.2 Å². The van der Waals surface area contributed by atoms with Crippen LogP contribution in [0.2, 0.25) is 0 Å². The van der Waals surface area contributed by atoms with Crippen molar-refractivity contribution in [3.8, 4) is 0 Å². The lowest BCUT2D eigenvalue weighted by Crippen LogP contribution is -2.78. The van der Waals surface area contributed by atoms with Gasteiger partial charge in [0.05, 0.1) is 23.2 Å². The largest absolute Gasteiger partial charge is 0.350 e. The maximum absolute atomic E-state index is 13.0. The van der Waals surface area contributed by atoms with Crippen LogP contribution in [0.3, 0.4) is 0 Å². The van der Waals surface area contributed by atoms with Crippen LogP contribution in [0.5, 0.6) is 0 Å². The second-order valence-electron chi connectivity index (χ2n) is 7.18. The van der Waals surface area contributed by atoms with Gasteiger partial charge in [-0.2, -0.15) is 0 Å². The first-order valence-electron chi connectivity index (χ1n) is 6.99. The Morgan fingerprint density at radius 2 is 1.45 bits per heavy atom. The number of hydrogen-bond donors (Lipinski definition) is 0. The molecule has 0 radical (unpaired) electrons. The van der Waals surface area contributed by atoms with Gasteiger partial charge in [-0.05, 0) is 0 Å². The molecule has 5 fully saturated rings. The number of carbonyl (C=O) groups is 2. The predicted molar refractivity (Wildman–Crippen MR) is 79.7 cm³/mol. The van der Waals surface area contributed by atoms with Gasteiger partial charge < -0.3 is 9.47 Å². The molecular weight excluding hydrogens is 374 g/mol. The monoisotopic (exact) mass is 384 g/mol. The average Bonchev–Trinajstić information content (AvgIpc) is 2.77. The van der Waals surface area contributed by atoms with E-state index in [9.17, 15) is 9.59 Å². The molecule has 0 N–H and O–H groups in total. The Morgan fingerprint density at radius 1 is 0.909 bits per heavy atom. The van der Waals surface area contributed by atoms with Crippen LogP contribution in [0.1, 0.15) is 6.92 Å². The van der Waals surface area contributed by atoms with Crippen molar-refractivity contribution in [3.63, 3.8) is 0 Å². The Labute approximate surface area is 146 Å². The molecule has 0 aliphatic heterocycles. The van der Waals surface area contributed by atoms with Gasteiger partial charge in [-0.15, -0.1) is 46.4 Å². The molecule has 0 heterocycles. The molecule has 0 spiro atoms. The third kappa shape index (κ3) is 0.680. The van der Waals surface area contributed by atoms with Crippen molar-refractivity contribution in [2.24, 2.45) is 23.2 Å². The summed E-state index contributed by atoms with van der Waals surface area (Å²) in [6, 6.07) is 0. The Morgan fingerprint density at radius 3 is 1.95 bits per heavy atom. The van der Waals surface area contributed by atoms with Crippen molar-refractivity contribution in [2.75, 3.05) is 14.2 Å². The molecule has 8 atom stereocenters. The highest BCUT2D eigenvalue weighted by molar-refractivity contribution is 6.57. The summed E-state index contributed by atoms with van der Waals surface area (Å²) in [5.74, 6) is -4.32. The number of fused-ring (bicyclic) bond motifs is 2. The van der Waals surface area contributed by atoms with Crippen molar-refractivity contribution in [3.05, 3.63) is 0 Å². The highest BCUT2D eigenvalue weighted by Crippen LogP contribution is 2.98. The lowest BCUT2D eigenvalue weighted by molar-refractivity contribution is -0.224. The molecule has 22 heavy (non-hydrogen) atoms. The van der Waals surface area contributed by atoms with Crippen LogP contribution in [0.25, 0.3) is 0 Å². The molecule has 8 heteroatoms. The number of rotatable bonds is 2. The van der Waals surface area contributed by atoms with Gasteiger partial charge in [-0.25, -0.2) is 0 Å². The van der Waals surface area contributed by atoms with E-state index >= 15 is 0 Å².